The van der Waals surface area contributed by atoms with Gasteiger partial charge in [-0.25, -0.2) is 8.42 Å². The zero-order valence-electron chi connectivity index (χ0n) is 11.4. The molecule has 0 atom stereocenters. The van der Waals surface area contributed by atoms with Crippen LogP contribution in [0.2, 0.25) is 0 Å². The molecule has 0 bridgehead atoms. The molecule has 5 heteroatoms. The van der Waals surface area contributed by atoms with E-state index in [1.54, 1.807) is 0 Å². The highest BCUT2D eigenvalue weighted by Gasteiger charge is 2.08. The summed E-state index contributed by atoms with van der Waals surface area (Å²) in [4.78, 5) is 0. The molecule has 0 saturated heterocycles. The number of anilines is 1. The summed E-state index contributed by atoms with van der Waals surface area (Å²) in [5.74, 6) is 1.12. The van der Waals surface area contributed by atoms with Crippen LogP contribution >= 0.6 is 11.6 Å². The quantitative estimate of drug-likeness (QED) is 0.713. The molecule has 1 aromatic rings. The van der Waals surface area contributed by atoms with E-state index in [9.17, 15) is 8.42 Å². The Bertz CT molecular complexity index is 474. The zero-order valence-corrected chi connectivity index (χ0v) is 12.9. The summed E-state index contributed by atoms with van der Waals surface area (Å²) in [6, 6.07) is 8.05. The van der Waals surface area contributed by atoms with E-state index in [0.717, 1.165) is 18.5 Å². The maximum Gasteiger partial charge on any atom is 0.152 e. The second-order valence-corrected chi connectivity index (χ2v) is 7.25. The highest BCUT2D eigenvalue weighted by atomic mass is 35.5. The molecule has 0 spiro atoms. The highest BCUT2D eigenvalue weighted by molar-refractivity contribution is 7.91. The Hall–Kier alpha value is -0.740. The van der Waals surface area contributed by atoms with Gasteiger partial charge in [0.2, 0.25) is 0 Å². The van der Waals surface area contributed by atoms with Crippen LogP contribution in [0.1, 0.15) is 25.3 Å². The highest BCUT2D eigenvalue weighted by Crippen LogP contribution is 2.12. The molecule has 19 heavy (non-hydrogen) atoms. The molecule has 3 nitrogen and oxygen atoms in total. The predicted octanol–water partition coefficient (Wildman–Crippen LogP) is 3.09. The molecular formula is C14H22ClNO2S. The Kier molecular flexibility index (Phi) is 7.24. The normalized spacial score (nSPS) is 11.5. The number of hydrogen-bond acceptors (Lipinski definition) is 3. The van der Waals surface area contributed by atoms with Crippen LogP contribution in [0.3, 0.4) is 0 Å². The molecule has 0 heterocycles. The van der Waals surface area contributed by atoms with E-state index in [-0.39, 0.29) is 11.5 Å². The fraction of sp³-hybridized carbons (Fsp3) is 0.571. The molecule has 0 amide bonds. The second-order valence-electron chi connectivity index (χ2n) is 4.57. The molecule has 0 aliphatic heterocycles. The second kappa shape index (κ2) is 8.43. The van der Waals surface area contributed by atoms with Crippen molar-refractivity contribution in [2.75, 3.05) is 29.2 Å². The molecule has 0 saturated carbocycles. The van der Waals surface area contributed by atoms with Crippen LogP contribution in [-0.4, -0.2) is 32.3 Å². The number of benzene rings is 1. The van der Waals surface area contributed by atoms with E-state index in [4.69, 9.17) is 11.6 Å². The summed E-state index contributed by atoms with van der Waals surface area (Å²) in [5.41, 5.74) is 2.20. The molecular weight excluding hydrogens is 282 g/mol. The molecule has 1 N–H and O–H groups in total. The van der Waals surface area contributed by atoms with E-state index < -0.39 is 9.84 Å². The Morgan fingerprint density at radius 1 is 1.26 bits per heavy atom. The van der Waals surface area contributed by atoms with Gasteiger partial charge in [-0.05, 0) is 37.0 Å². The molecule has 1 aromatic carbocycles. The minimum atomic E-state index is -2.91. The van der Waals surface area contributed by atoms with Crippen LogP contribution in [-0.2, 0) is 16.3 Å². The third-order valence-corrected chi connectivity index (χ3v) is 4.91. The van der Waals surface area contributed by atoms with Crippen molar-refractivity contribution >= 4 is 27.1 Å². The number of aryl methyl sites for hydroxylation is 1. The first-order valence-electron chi connectivity index (χ1n) is 6.66. The van der Waals surface area contributed by atoms with Crippen molar-refractivity contribution in [1.29, 1.82) is 0 Å². The van der Waals surface area contributed by atoms with Crippen LogP contribution < -0.4 is 5.32 Å². The summed E-state index contributed by atoms with van der Waals surface area (Å²) < 4.78 is 23.1. The van der Waals surface area contributed by atoms with E-state index >= 15 is 0 Å². The molecule has 108 valence electrons. The predicted molar refractivity (Wildman–Crippen MR) is 82.9 cm³/mol. The zero-order chi connectivity index (χ0) is 14.1. The van der Waals surface area contributed by atoms with Crippen LogP contribution in [0.15, 0.2) is 24.3 Å². The molecule has 1 rings (SSSR count). The standard InChI is InChI=1S/C14H22ClNO2S/c1-2-10-19(17,18)11-9-16-14-7-3-5-13(12-14)6-4-8-15/h3,5,7,12,16H,2,4,6,8-11H2,1H3. The van der Waals surface area contributed by atoms with Gasteiger partial charge in [-0.2, -0.15) is 0 Å². The average molecular weight is 304 g/mol. The van der Waals surface area contributed by atoms with Crippen LogP contribution in [0.5, 0.6) is 0 Å². The van der Waals surface area contributed by atoms with Gasteiger partial charge in [0.05, 0.1) is 5.75 Å². The smallest absolute Gasteiger partial charge is 0.152 e. The number of sulfone groups is 1. The lowest BCUT2D eigenvalue weighted by atomic mass is 10.1. The number of nitrogens with one attached hydrogen (secondary N) is 1. The van der Waals surface area contributed by atoms with Gasteiger partial charge in [0, 0.05) is 23.9 Å². The molecule has 0 unspecified atom stereocenters. The number of alkyl halides is 1. The summed E-state index contributed by atoms with van der Waals surface area (Å²) in [7, 11) is -2.91. The lowest BCUT2D eigenvalue weighted by molar-refractivity contribution is 0.595. The number of hydrogen-bond donors (Lipinski definition) is 1. The Balaban J connectivity index is 2.45. The fourth-order valence-electron chi connectivity index (χ4n) is 1.87. The average Bonchev–Trinajstić information content (AvgIpc) is 2.36. The van der Waals surface area contributed by atoms with Gasteiger partial charge < -0.3 is 5.32 Å². The molecule has 0 aliphatic carbocycles. The van der Waals surface area contributed by atoms with E-state index in [0.29, 0.717) is 18.8 Å². The summed E-state index contributed by atoms with van der Waals surface area (Å²) >= 11 is 5.67. The molecule has 0 aliphatic rings. The minimum Gasteiger partial charge on any atom is -0.384 e. The van der Waals surface area contributed by atoms with Gasteiger partial charge in [-0.3, -0.25) is 0 Å². The van der Waals surface area contributed by atoms with E-state index in [1.165, 1.54) is 5.56 Å². The summed E-state index contributed by atoms with van der Waals surface area (Å²) in [6.45, 7) is 2.34. The lowest BCUT2D eigenvalue weighted by Crippen LogP contribution is -2.18. The largest absolute Gasteiger partial charge is 0.384 e. The van der Waals surface area contributed by atoms with Crippen molar-refractivity contribution in [2.45, 2.75) is 26.2 Å². The first kappa shape index (κ1) is 16.3. The van der Waals surface area contributed by atoms with Gasteiger partial charge >= 0.3 is 0 Å². The van der Waals surface area contributed by atoms with Crippen molar-refractivity contribution in [3.05, 3.63) is 29.8 Å². The first-order chi connectivity index (χ1) is 9.07. The molecule has 0 radical (unpaired) electrons. The van der Waals surface area contributed by atoms with Crippen molar-refractivity contribution in [3.8, 4) is 0 Å². The minimum absolute atomic E-state index is 0.187. The lowest BCUT2D eigenvalue weighted by Gasteiger charge is -2.08. The van der Waals surface area contributed by atoms with Crippen molar-refractivity contribution in [1.82, 2.24) is 0 Å². The fourth-order valence-corrected chi connectivity index (χ4v) is 3.24. The Morgan fingerprint density at radius 3 is 2.74 bits per heavy atom. The van der Waals surface area contributed by atoms with Crippen molar-refractivity contribution in [3.63, 3.8) is 0 Å². The van der Waals surface area contributed by atoms with Crippen LogP contribution in [0.4, 0.5) is 5.69 Å². The number of rotatable bonds is 9. The third kappa shape index (κ3) is 6.83. The first-order valence-corrected chi connectivity index (χ1v) is 9.02. The number of halogens is 1. The summed E-state index contributed by atoms with van der Waals surface area (Å²) in [6.07, 6.45) is 2.58. The third-order valence-electron chi connectivity index (χ3n) is 2.78. The SMILES string of the molecule is CCCS(=O)(=O)CCNc1cccc(CCCCl)c1. The van der Waals surface area contributed by atoms with Gasteiger partial charge in [0.15, 0.2) is 9.84 Å². The van der Waals surface area contributed by atoms with Crippen molar-refractivity contribution < 1.29 is 8.42 Å². The van der Waals surface area contributed by atoms with Gasteiger partial charge in [0.25, 0.3) is 0 Å². The topological polar surface area (TPSA) is 46.2 Å². The van der Waals surface area contributed by atoms with Crippen LogP contribution in [0.25, 0.3) is 0 Å². The Labute approximate surface area is 121 Å². The van der Waals surface area contributed by atoms with Gasteiger partial charge in [0.1, 0.15) is 0 Å². The Morgan fingerprint density at radius 2 is 2.05 bits per heavy atom. The molecule has 0 aromatic heterocycles. The maximum atomic E-state index is 11.6. The monoisotopic (exact) mass is 303 g/mol. The van der Waals surface area contributed by atoms with Gasteiger partial charge in [-0.1, -0.05) is 19.1 Å². The molecule has 0 fully saturated rings. The van der Waals surface area contributed by atoms with Crippen molar-refractivity contribution in [2.24, 2.45) is 0 Å². The van der Waals surface area contributed by atoms with E-state index in [2.05, 4.69) is 17.4 Å². The van der Waals surface area contributed by atoms with Crippen LogP contribution in [0, 0.1) is 0 Å². The maximum absolute atomic E-state index is 11.6. The summed E-state index contributed by atoms with van der Waals surface area (Å²) in [5, 5.41) is 3.16. The van der Waals surface area contributed by atoms with Gasteiger partial charge in [-0.15, -0.1) is 11.6 Å². The van der Waals surface area contributed by atoms with E-state index in [1.807, 2.05) is 19.1 Å².